The van der Waals surface area contributed by atoms with Crippen LogP contribution in [-0.2, 0) is 10.2 Å². The second-order valence-corrected chi connectivity index (χ2v) is 3.91. The summed E-state index contributed by atoms with van der Waals surface area (Å²) in [5, 5.41) is 13.0. The Balaban J connectivity index is 2.69. The molecule has 0 fully saturated rings. The Hall–Kier alpha value is -1.78. The third-order valence-electron chi connectivity index (χ3n) is 1.42. The molecular weight excluding hydrogens is 218 g/mol. The molecule has 0 aliphatic carbocycles. The summed E-state index contributed by atoms with van der Waals surface area (Å²) < 4.78 is 28.4. The van der Waals surface area contributed by atoms with Gasteiger partial charge >= 0.3 is 0 Å². The molecule has 15 heavy (non-hydrogen) atoms. The molecule has 0 saturated heterocycles. The SMILES string of the molecule is N#CCOc1ccc(NS(N)(=O)=O)cc1. The van der Waals surface area contributed by atoms with E-state index in [2.05, 4.69) is 4.72 Å². The van der Waals surface area contributed by atoms with Crippen LogP contribution in [0.3, 0.4) is 0 Å². The maximum atomic E-state index is 10.6. The van der Waals surface area contributed by atoms with E-state index in [1.807, 2.05) is 6.07 Å². The summed E-state index contributed by atoms with van der Waals surface area (Å²) in [6.07, 6.45) is 0. The molecule has 6 nitrogen and oxygen atoms in total. The van der Waals surface area contributed by atoms with Crippen LogP contribution >= 0.6 is 0 Å². The summed E-state index contributed by atoms with van der Waals surface area (Å²) in [6.45, 7) is -0.0536. The molecule has 80 valence electrons. The molecule has 0 saturated carbocycles. The molecular formula is C8H9N3O3S. The van der Waals surface area contributed by atoms with Crippen LogP contribution < -0.4 is 14.6 Å². The van der Waals surface area contributed by atoms with Crippen molar-refractivity contribution >= 4 is 15.9 Å². The van der Waals surface area contributed by atoms with Crippen LogP contribution in [0.2, 0.25) is 0 Å². The van der Waals surface area contributed by atoms with E-state index in [9.17, 15) is 8.42 Å². The van der Waals surface area contributed by atoms with E-state index in [0.29, 0.717) is 11.4 Å². The van der Waals surface area contributed by atoms with Gasteiger partial charge in [-0.25, -0.2) is 5.14 Å². The van der Waals surface area contributed by atoms with Crippen molar-refractivity contribution in [2.24, 2.45) is 5.14 Å². The van der Waals surface area contributed by atoms with Crippen molar-refractivity contribution in [1.29, 1.82) is 5.26 Å². The molecule has 0 radical (unpaired) electrons. The van der Waals surface area contributed by atoms with Crippen molar-refractivity contribution in [2.75, 3.05) is 11.3 Å². The predicted octanol–water partition coefficient (Wildman–Crippen LogP) is 0.204. The van der Waals surface area contributed by atoms with Crippen LogP contribution in [0.5, 0.6) is 5.75 Å². The van der Waals surface area contributed by atoms with Gasteiger partial charge in [0.25, 0.3) is 10.2 Å². The minimum absolute atomic E-state index is 0.0536. The molecule has 0 aromatic heterocycles. The lowest BCUT2D eigenvalue weighted by Crippen LogP contribution is -2.21. The van der Waals surface area contributed by atoms with E-state index in [4.69, 9.17) is 15.1 Å². The second kappa shape index (κ2) is 4.63. The maximum Gasteiger partial charge on any atom is 0.296 e. The van der Waals surface area contributed by atoms with Crippen molar-refractivity contribution < 1.29 is 13.2 Å². The molecule has 1 rings (SSSR count). The summed E-state index contributed by atoms with van der Waals surface area (Å²) in [5.41, 5.74) is 0.335. The Labute approximate surface area is 87.5 Å². The Morgan fingerprint density at radius 2 is 2.00 bits per heavy atom. The fourth-order valence-electron chi connectivity index (χ4n) is 0.899. The van der Waals surface area contributed by atoms with E-state index in [1.165, 1.54) is 24.3 Å². The van der Waals surface area contributed by atoms with Crippen LogP contribution in [-0.4, -0.2) is 15.0 Å². The molecule has 0 spiro atoms. The van der Waals surface area contributed by atoms with Gasteiger partial charge in [0.1, 0.15) is 11.8 Å². The first kappa shape index (κ1) is 11.3. The van der Waals surface area contributed by atoms with Crippen molar-refractivity contribution in [2.45, 2.75) is 0 Å². The zero-order valence-corrected chi connectivity index (χ0v) is 8.49. The Kier molecular flexibility index (Phi) is 3.49. The highest BCUT2D eigenvalue weighted by Crippen LogP contribution is 2.15. The molecule has 0 heterocycles. The van der Waals surface area contributed by atoms with Gasteiger partial charge in [-0.15, -0.1) is 0 Å². The summed E-state index contributed by atoms with van der Waals surface area (Å²) in [5.74, 6) is 0.483. The number of nitrogens with two attached hydrogens (primary N) is 1. The smallest absolute Gasteiger partial charge is 0.296 e. The molecule has 0 aliphatic heterocycles. The van der Waals surface area contributed by atoms with Gasteiger partial charge in [-0.3, -0.25) is 4.72 Å². The third-order valence-corrected chi connectivity index (χ3v) is 1.94. The van der Waals surface area contributed by atoms with E-state index >= 15 is 0 Å². The molecule has 0 aliphatic rings. The van der Waals surface area contributed by atoms with E-state index in [-0.39, 0.29) is 6.61 Å². The zero-order chi connectivity index (χ0) is 11.3. The van der Waals surface area contributed by atoms with Gasteiger partial charge in [0, 0.05) is 5.69 Å². The Morgan fingerprint density at radius 1 is 1.40 bits per heavy atom. The number of nitrogens with one attached hydrogen (secondary N) is 1. The summed E-state index contributed by atoms with van der Waals surface area (Å²) in [4.78, 5) is 0. The van der Waals surface area contributed by atoms with Crippen LogP contribution in [0.15, 0.2) is 24.3 Å². The van der Waals surface area contributed by atoms with Gasteiger partial charge in [-0.1, -0.05) is 0 Å². The first-order chi connectivity index (χ1) is 7.01. The van der Waals surface area contributed by atoms with Crippen LogP contribution in [0, 0.1) is 11.3 Å². The monoisotopic (exact) mass is 227 g/mol. The minimum Gasteiger partial charge on any atom is -0.479 e. The largest absolute Gasteiger partial charge is 0.479 e. The number of hydrogen-bond acceptors (Lipinski definition) is 4. The molecule has 0 atom stereocenters. The second-order valence-electron chi connectivity index (χ2n) is 2.62. The molecule has 0 unspecified atom stereocenters. The van der Waals surface area contributed by atoms with Crippen molar-refractivity contribution in [3.8, 4) is 11.8 Å². The summed E-state index contributed by atoms with van der Waals surface area (Å²) >= 11 is 0. The molecule has 3 N–H and O–H groups in total. The maximum absolute atomic E-state index is 10.6. The lowest BCUT2D eigenvalue weighted by atomic mass is 10.3. The minimum atomic E-state index is -3.75. The zero-order valence-electron chi connectivity index (χ0n) is 7.67. The van der Waals surface area contributed by atoms with Gasteiger partial charge in [-0.2, -0.15) is 13.7 Å². The number of rotatable bonds is 4. The van der Waals surface area contributed by atoms with Crippen LogP contribution in [0.25, 0.3) is 0 Å². The number of nitriles is 1. The van der Waals surface area contributed by atoms with Crippen molar-refractivity contribution in [1.82, 2.24) is 0 Å². The predicted molar refractivity (Wildman–Crippen MR) is 54.3 cm³/mol. The number of anilines is 1. The van der Waals surface area contributed by atoms with Crippen LogP contribution in [0.4, 0.5) is 5.69 Å². The molecule has 7 heteroatoms. The van der Waals surface area contributed by atoms with Crippen LogP contribution in [0.1, 0.15) is 0 Å². The van der Waals surface area contributed by atoms with Gasteiger partial charge < -0.3 is 4.74 Å². The fourth-order valence-corrected chi connectivity index (χ4v) is 1.36. The average molecular weight is 227 g/mol. The first-order valence-corrected chi connectivity index (χ1v) is 5.46. The first-order valence-electron chi connectivity index (χ1n) is 3.91. The summed E-state index contributed by atoms with van der Waals surface area (Å²) in [7, 11) is -3.75. The highest BCUT2D eigenvalue weighted by atomic mass is 32.2. The standard InChI is InChI=1S/C8H9N3O3S/c9-5-6-14-8-3-1-7(2-4-8)11-15(10,12)13/h1-4,11H,6H2,(H2,10,12,13). The molecule has 0 amide bonds. The number of hydrogen-bond donors (Lipinski definition) is 2. The summed E-state index contributed by atoms with van der Waals surface area (Å²) in [6, 6.07) is 7.85. The lowest BCUT2D eigenvalue weighted by Gasteiger charge is -2.04. The molecule has 1 aromatic carbocycles. The highest BCUT2D eigenvalue weighted by Gasteiger charge is 2.01. The number of benzene rings is 1. The topological polar surface area (TPSA) is 105 Å². The van der Waals surface area contributed by atoms with E-state index < -0.39 is 10.2 Å². The average Bonchev–Trinajstić information content (AvgIpc) is 2.14. The van der Waals surface area contributed by atoms with Crippen molar-refractivity contribution in [3.63, 3.8) is 0 Å². The Morgan fingerprint density at radius 3 is 2.47 bits per heavy atom. The third kappa shape index (κ3) is 4.30. The van der Waals surface area contributed by atoms with E-state index in [1.54, 1.807) is 0 Å². The van der Waals surface area contributed by atoms with E-state index in [0.717, 1.165) is 0 Å². The lowest BCUT2D eigenvalue weighted by molar-refractivity contribution is 0.368. The number of nitrogens with zero attached hydrogens (tertiary/aromatic N) is 1. The van der Waals surface area contributed by atoms with Gasteiger partial charge in [0.15, 0.2) is 6.61 Å². The molecule has 0 bridgehead atoms. The van der Waals surface area contributed by atoms with Gasteiger partial charge in [0.2, 0.25) is 0 Å². The normalized spacial score (nSPS) is 10.4. The van der Waals surface area contributed by atoms with Crippen molar-refractivity contribution in [3.05, 3.63) is 24.3 Å². The fraction of sp³-hybridized carbons (Fsp3) is 0.125. The van der Waals surface area contributed by atoms with Gasteiger partial charge in [0.05, 0.1) is 0 Å². The number of ether oxygens (including phenoxy) is 1. The highest BCUT2D eigenvalue weighted by molar-refractivity contribution is 7.90. The quantitative estimate of drug-likeness (QED) is 0.766. The van der Waals surface area contributed by atoms with Gasteiger partial charge in [-0.05, 0) is 24.3 Å². The Bertz CT molecular complexity index is 461. The molecule has 1 aromatic rings.